The number of carboxylic acids is 1. The van der Waals surface area contributed by atoms with E-state index >= 15 is 0 Å². The van der Waals surface area contributed by atoms with E-state index in [1.54, 1.807) is 0 Å². The normalized spacial score (nSPS) is 15.8. The largest absolute Gasteiger partial charge is 0.482 e. The Morgan fingerprint density at radius 2 is 1.52 bits per heavy atom. The minimum Gasteiger partial charge on any atom is -0.482 e. The Labute approximate surface area is 129 Å². The summed E-state index contributed by atoms with van der Waals surface area (Å²) in [5.74, 6) is 0.356. The van der Waals surface area contributed by atoms with Gasteiger partial charge in [-0.3, -0.25) is 0 Å². The Morgan fingerprint density at radius 3 is 2.05 bits per heavy atom. The monoisotopic (exact) mass is 294 g/mol. The zero-order chi connectivity index (χ0) is 13.5. The van der Waals surface area contributed by atoms with Crippen molar-refractivity contribution in [2.75, 3.05) is 6.61 Å². The fraction of sp³-hybridized carbons (Fsp3) is 0.611. The lowest BCUT2D eigenvalue weighted by molar-refractivity contribution is -0.139. The lowest BCUT2D eigenvalue weighted by atomic mass is 9.86. The highest BCUT2D eigenvalue weighted by atomic mass is 16.5. The van der Waals surface area contributed by atoms with E-state index in [0.29, 0.717) is 11.7 Å². The summed E-state index contributed by atoms with van der Waals surface area (Å²) in [5, 5.41) is 8.57. The molecule has 0 atom stereocenters. The second-order valence-corrected chi connectivity index (χ2v) is 5.29. The minimum atomic E-state index is -0.941. The SMILES string of the molecule is C.C.O=C(O)COc1ccc(C2CCCCCCC2)cc1. The Bertz CT molecular complexity index is 389. The number of hydrogen-bond acceptors (Lipinski definition) is 2. The van der Waals surface area contributed by atoms with Crippen LogP contribution < -0.4 is 4.74 Å². The van der Waals surface area contributed by atoms with E-state index in [1.165, 1.54) is 50.5 Å². The molecule has 1 aliphatic rings. The van der Waals surface area contributed by atoms with Crippen molar-refractivity contribution >= 4 is 5.97 Å². The molecule has 0 radical (unpaired) electrons. The van der Waals surface area contributed by atoms with Gasteiger partial charge in [0.2, 0.25) is 0 Å². The maximum atomic E-state index is 10.4. The van der Waals surface area contributed by atoms with Crippen molar-refractivity contribution in [2.24, 2.45) is 0 Å². The molecule has 0 spiro atoms. The van der Waals surface area contributed by atoms with Gasteiger partial charge in [0, 0.05) is 0 Å². The van der Waals surface area contributed by atoms with E-state index < -0.39 is 5.97 Å². The molecule has 1 N–H and O–H groups in total. The number of carbonyl (C=O) groups is 1. The van der Waals surface area contributed by atoms with Gasteiger partial charge in [0.05, 0.1) is 0 Å². The minimum absolute atomic E-state index is 0. The van der Waals surface area contributed by atoms with Gasteiger partial charge in [-0.1, -0.05) is 59.1 Å². The number of aliphatic carboxylic acids is 1. The molecule has 2 rings (SSSR count). The van der Waals surface area contributed by atoms with Crippen LogP contribution in [-0.4, -0.2) is 17.7 Å². The third kappa shape index (κ3) is 6.65. The van der Waals surface area contributed by atoms with Crippen molar-refractivity contribution in [2.45, 2.75) is 65.7 Å². The molecule has 1 aromatic carbocycles. The number of ether oxygens (including phenoxy) is 1. The van der Waals surface area contributed by atoms with Crippen molar-refractivity contribution in [1.29, 1.82) is 0 Å². The van der Waals surface area contributed by atoms with Gasteiger partial charge in [0.15, 0.2) is 6.61 Å². The molecule has 1 saturated carbocycles. The van der Waals surface area contributed by atoms with Crippen molar-refractivity contribution < 1.29 is 14.6 Å². The summed E-state index contributed by atoms with van der Waals surface area (Å²) < 4.78 is 5.15. The number of benzene rings is 1. The van der Waals surface area contributed by atoms with Gasteiger partial charge in [0.25, 0.3) is 0 Å². The van der Waals surface area contributed by atoms with Gasteiger partial charge in [-0.25, -0.2) is 4.79 Å². The van der Waals surface area contributed by atoms with E-state index in [9.17, 15) is 4.79 Å². The second-order valence-electron chi connectivity index (χ2n) is 5.29. The topological polar surface area (TPSA) is 46.5 Å². The maximum absolute atomic E-state index is 10.4. The van der Waals surface area contributed by atoms with Crippen LogP contribution in [-0.2, 0) is 4.79 Å². The number of hydrogen-bond donors (Lipinski definition) is 1. The molecule has 0 bridgehead atoms. The average molecular weight is 294 g/mol. The lowest BCUT2D eigenvalue weighted by Crippen LogP contribution is -2.09. The van der Waals surface area contributed by atoms with Gasteiger partial charge in [-0.15, -0.1) is 0 Å². The fourth-order valence-electron chi connectivity index (χ4n) is 2.77. The Balaban J connectivity index is 0.00000200. The first kappa shape index (κ1) is 19.5. The van der Waals surface area contributed by atoms with Crippen molar-refractivity contribution in [3.63, 3.8) is 0 Å². The molecular formula is C18H30O3. The second kappa shape index (κ2) is 10.3. The van der Waals surface area contributed by atoms with Crippen LogP contribution in [0.15, 0.2) is 24.3 Å². The molecule has 1 aromatic rings. The number of rotatable bonds is 4. The van der Waals surface area contributed by atoms with Crippen molar-refractivity contribution in [1.82, 2.24) is 0 Å². The summed E-state index contributed by atoms with van der Waals surface area (Å²) in [6.45, 7) is -0.275. The highest BCUT2D eigenvalue weighted by Gasteiger charge is 2.13. The summed E-state index contributed by atoms with van der Waals surface area (Å²) >= 11 is 0. The average Bonchev–Trinajstić information content (AvgIpc) is 2.37. The van der Waals surface area contributed by atoms with Crippen LogP contribution >= 0.6 is 0 Å². The first-order valence-electron chi connectivity index (χ1n) is 7.20. The molecule has 0 saturated heterocycles. The van der Waals surface area contributed by atoms with Crippen LogP contribution in [0.1, 0.15) is 71.3 Å². The van der Waals surface area contributed by atoms with Gasteiger partial charge in [-0.2, -0.15) is 0 Å². The smallest absolute Gasteiger partial charge is 0.341 e. The molecule has 0 unspecified atom stereocenters. The van der Waals surface area contributed by atoms with Gasteiger partial charge >= 0.3 is 5.97 Å². The van der Waals surface area contributed by atoms with Crippen LogP contribution in [0, 0.1) is 0 Å². The van der Waals surface area contributed by atoms with Crippen LogP contribution in [0.5, 0.6) is 5.75 Å². The Hall–Kier alpha value is -1.51. The molecule has 0 aliphatic heterocycles. The van der Waals surface area contributed by atoms with Crippen LogP contribution in [0.2, 0.25) is 0 Å². The van der Waals surface area contributed by atoms with E-state index in [4.69, 9.17) is 9.84 Å². The van der Waals surface area contributed by atoms with Gasteiger partial charge < -0.3 is 9.84 Å². The molecule has 0 heterocycles. The molecule has 1 fully saturated rings. The predicted octanol–water partition coefficient (Wildman–Crippen LogP) is 5.25. The van der Waals surface area contributed by atoms with Gasteiger partial charge in [-0.05, 0) is 36.5 Å². The summed E-state index contributed by atoms with van der Waals surface area (Å²) in [4.78, 5) is 10.4. The number of carboxylic acid groups (broad SMARTS) is 1. The highest BCUT2D eigenvalue weighted by molar-refractivity contribution is 5.68. The van der Waals surface area contributed by atoms with E-state index in [1.807, 2.05) is 12.1 Å². The summed E-state index contributed by atoms with van der Waals surface area (Å²) in [5.41, 5.74) is 1.37. The third-order valence-corrected chi connectivity index (χ3v) is 3.82. The predicted molar refractivity (Wildman–Crippen MR) is 88.1 cm³/mol. The third-order valence-electron chi connectivity index (χ3n) is 3.82. The van der Waals surface area contributed by atoms with Crippen LogP contribution in [0.3, 0.4) is 0 Å². The van der Waals surface area contributed by atoms with Gasteiger partial charge in [0.1, 0.15) is 5.75 Å². The summed E-state index contributed by atoms with van der Waals surface area (Å²) in [6.07, 6.45) is 9.29. The van der Waals surface area contributed by atoms with Crippen molar-refractivity contribution in [3.8, 4) is 5.75 Å². The van der Waals surface area contributed by atoms with E-state index in [0.717, 1.165) is 0 Å². The standard InChI is InChI=1S/C16H22O3.2CH4/c17-16(18)12-19-15-10-8-14(9-11-15)13-6-4-2-1-3-5-7-13;;/h8-11,13H,1-7,12H2,(H,17,18);2*1H4. The first-order chi connectivity index (χ1) is 9.25. The molecule has 120 valence electrons. The fourth-order valence-corrected chi connectivity index (χ4v) is 2.77. The quantitative estimate of drug-likeness (QED) is 0.825. The van der Waals surface area contributed by atoms with Crippen LogP contribution in [0.25, 0.3) is 0 Å². The summed E-state index contributed by atoms with van der Waals surface area (Å²) in [7, 11) is 0. The van der Waals surface area contributed by atoms with Crippen molar-refractivity contribution in [3.05, 3.63) is 29.8 Å². The zero-order valence-electron chi connectivity index (χ0n) is 11.3. The maximum Gasteiger partial charge on any atom is 0.341 e. The molecular weight excluding hydrogens is 264 g/mol. The first-order valence-corrected chi connectivity index (χ1v) is 7.20. The molecule has 1 aliphatic carbocycles. The molecule has 3 nitrogen and oxygen atoms in total. The summed E-state index contributed by atoms with van der Waals surface area (Å²) in [6, 6.07) is 7.95. The van der Waals surface area contributed by atoms with E-state index in [2.05, 4.69) is 12.1 Å². The molecule has 21 heavy (non-hydrogen) atoms. The van der Waals surface area contributed by atoms with Crippen LogP contribution in [0.4, 0.5) is 0 Å². The Morgan fingerprint density at radius 1 is 1.00 bits per heavy atom. The van der Waals surface area contributed by atoms with E-state index in [-0.39, 0.29) is 21.5 Å². The molecule has 0 amide bonds. The molecule has 3 heteroatoms. The lowest BCUT2D eigenvalue weighted by Gasteiger charge is -2.20. The zero-order valence-corrected chi connectivity index (χ0v) is 11.3. The molecule has 0 aromatic heterocycles. The Kier molecular flexibility index (Phi) is 9.51. The highest BCUT2D eigenvalue weighted by Crippen LogP contribution is 2.31.